The van der Waals surface area contributed by atoms with Crippen molar-refractivity contribution in [3.05, 3.63) is 50.7 Å². The first-order valence-electron chi connectivity index (χ1n) is 11.8. The normalized spacial score (nSPS) is 13.5. The van der Waals surface area contributed by atoms with Crippen molar-refractivity contribution in [2.75, 3.05) is 11.9 Å². The number of rotatable bonds is 8. The van der Waals surface area contributed by atoms with E-state index in [1.165, 1.54) is 75.2 Å². The van der Waals surface area contributed by atoms with Gasteiger partial charge in [0.25, 0.3) is 0 Å². The van der Waals surface area contributed by atoms with Gasteiger partial charge in [0.1, 0.15) is 0 Å². The third kappa shape index (κ3) is 3.13. The molecule has 0 spiro atoms. The minimum Gasteiger partial charge on any atom is -0.384 e. The molecule has 4 heteroatoms. The Bertz CT molecular complexity index is 1270. The fourth-order valence-corrected chi connectivity index (χ4v) is 9.07. The second kappa shape index (κ2) is 8.06. The van der Waals surface area contributed by atoms with Gasteiger partial charge < -0.3 is 5.32 Å². The van der Waals surface area contributed by atoms with Gasteiger partial charge in [0.2, 0.25) is 0 Å². The summed E-state index contributed by atoms with van der Waals surface area (Å²) in [4.78, 5) is 3.07. The minimum atomic E-state index is 1.09. The van der Waals surface area contributed by atoms with Crippen LogP contribution in [0.15, 0.2) is 22.9 Å². The van der Waals surface area contributed by atoms with E-state index in [0.717, 1.165) is 19.4 Å². The number of anilines is 1. The Kier molecular flexibility index (Phi) is 5.20. The molecule has 2 aliphatic carbocycles. The molecule has 2 aliphatic rings. The fourth-order valence-electron chi connectivity index (χ4n) is 5.56. The number of thiophene rings is 3. The lowest BCUT2D eigenvalue weighted by Gasteiger charge is -2.20. The molecule has 3 aromatic heterocycles. The molecule has 1 nitrogen and oxygen atoms in total. The van der Waals surface area contributed by atoms with Gasteiger partial charge in [-0.15, -0.1) is 34.0 Å². The maximum Gasteiger partial charge on any atom is 0.0492 e. The molecule has 31 heavy (non-hydrogen) atoms. The Balaban J connectivity index is 1.38. The Hall–Kier alpha value is -1.62. The molecule has 0 bridgehead atoms. The standard InChI is InChI=1S/C27H29NS3/c1-3-4-5-6-7-8-11-28-24-19-15-20-26-21(10-13-30-26)31-27(20)22(19)16(2)18-14-17-9-12-29-25(17)23(18)24/h9-10,12-13,28H,3-8,11,14-15H2,1-2H3. The molecule has 6 rings (SSSR count). The highest BCUT2D eigenvalue weighted by Gasteiger charge is 2.35. The molecule has 0 saturated carbocycles. The first-order valence-corrected chi connectivity index (χ1v) is 14.3. The van der Waals surface area contributed by atoms with Crippen molar-refractivity contribution in [2.45, 2.75) is 65.2 Å². The number of hydrogen-bond acceptors (Lipinski definition) is 4. The SMILES string of the molecule is CCCCCCCCNc1c2c(c(C)c3c1-c1sccc1C3)-c1sc3ccsc3c1C2. The van der Waals surface area contributed by atoms with E-state index in [4.69, 9.17) is 0 Å². The number of hydrogen-bond donors (Lipinski definition) is 1. The van der Waals surface area contributed by atoms with Gasteiger partial charge in [0, 0.05) is 48.9 Å². The summed E-state index contributed by atoms with van der Waals surface area (Å²) in [5.74, 6) is 0. The van der Waals surface area contributed by atoms with E-state index in [-0.39, 0.29) is 0 Å². The zero-order valence-electron chi connectivity index (χ0n) is 18.4. The largest absolute Gasteiger partial charge is 0.384 e. The van der Waals surface area contributed by atoms with Crippen LogP contribution in [0, 0.1) is 6.92 Å². The van der Waals surface area contributed by atoms with Gasteiger partial charge in [-0.05, 0) is 70.5 Å². The van der Waals surface area contributed by atoms with Crippen molar-refractivity contribution in [2.24, 2.45) is 0 Å². The van der Waals surface area contributed by atoms with Crippen molar-refractivity contribution < 1.29 is 0 Å². The van der Waals surface area contributed by atoms with E-state index in [1.54, 1.807) is 27.1 Å². The van der Waals surface area contributed by atoms with Crippen molar-refractivity contribution in [1.82, 2.24) is 0 Å². The average Bonchev–Trinajstić information content (AvgIpc) is 3.53. The van der Waals surface area contributed by atoms with Crippen LogP contribution in [0.3, 0.4) is 0 Å². The van der Waals surface area contributed by atoms with E-state index >= 15 is 0 Å². The van der Waals surface area contributed by atoms with Crippen LogP contribution in [0.5, 0.6) is 0 Å². The van der Waals surface area contributed by atoms with Crippen molar-refractivity contribution in [3.63, 3.8) is 0 Å². The summed E-state index contributed by atoms with van der Waals surface area (Å²) in [5.41, 5.74) is 12.3. The molecule has 0 saturated heterocycles. The van der Waals surface area contributed by atoms with E-state index in [1.807, 2.05) is 34.0 Å². The molecule has 1 N–H and O–H groups in total. The molecule has 160 valence electrons. The molecule has 1 aromatic carbocycles. The molecule has 0 amide bonds. The molecule has 0 fully saturated rings. The topological polar surface area (TPSA) is 12.0 Å². The summed E-state index contributed by atoms with van der Waals surface area (Å²) in [6.07, 6.45) is 10.3. The van der Waals surface area contributed by atoms with Gasteiger partial charge >= 0.3 is 0 Å². The molecule has 0 aliphatic heterocycles. The van der Waals surface area contributed by atoms with Gasteiger partial charge in [0.05, 0.1) is 0 Å². The highest BCUT2D eigenvalue weighted by molar-refractivity contribution is 7.29. The highest BCUT2D eigenvalue weighted by Crippen LogP contribution is 2.57. The highest BCUT2D eigenvalue weighted by atomic mass is 32.1. The number of benzene rings is 1. The third-order valence-electron chi connectivity index (χ3n) is 7.13. The molecular weight excluding hydrogens is 435 g/mol. The van der Waals surface area contributed by atoms with E-state index in [0.29, 0.717) is 0 Å². The maximum absolute atomic E-state index is 3.98. The van der Waals surface area contributed by atoms with E-state index in [2.05, 4.69) is 42.1 Å². The van der Waals surface area contributed by atoms with Crippen LogP contribution in [0.25, 0.3) is 30.3 Å². The first-order chi connectivity index (χ1) is 15.3. The molecule has 0 atom stereocenters. The van der Waals surface area contributed by atoms with E-state index in [9.17, 15) is 0 Å². The molecule has 3 heterocycles. The third-order valence-corrected chi connectivity index (χ3v) is 10.4. The second-order valence-electron chi connectivity index (χ2n) is 9.05. The van der Waals surface area contributed by atoms with Crippen LogP contribution in [0.4, 0.5) is 5.69 Å². The van der Waals surface area contributed by atoms with Gasteiger partial charge in [-0.2, -0.15) is 0 Å². The molecule has 0 unspecified atom stereocenters. The summed E-state index contributed by atoms with van der Waals surface area (Å²) in [6, 6.07) is 4.65. The lowest BCUT2D eigenvalue weighted by atomic mass is 9.92. The quantitative estimate of drug-likeness (QED) is 0.222. The van der Waals surface area contributed by atoms with Crippen LogP contribution in [-0.2, 0) is 12.8 Å². The predicted octanol–water partition coefficient (Wildman–Crippen LogP) is 9.25. The van der Waals surface area contributed by atoms with Crippen LogP contribution in [0.1, 0.15) is 73.3 Å². The Morgan fingerprint density at radius 3 is 2.58 bits per heavy atom. The van der Waals surface area contributed by atoms with Gasteiger partial charge in [-0.3, -0.25) is 0 Å². The monoisotopic (exact) mass is 463 g/mol. The van der Waals surface area contributed by atoms with Gasteiger partial charge in [0.15, 0.2) is 0 Å². The van der Waals surface area contributed by atoms with Crippen LogP contribution < -0.4 is 5.32 Å². The predicted molar refractivity (Wildman–Crippen MR) is 141 cm³/mol. The Morgan fingerprint density at radius 2 is 1.68 bits per heavy atom. The van der Waals surface area contributed by atoms with Crippen molar-refractivity contribution in [1.29, 1.82) is 0 Å². The minimum absolute atomic E-state index is 1.09. The van der Waals surface area contributed by atoms with Crippen molar-refractivity contribution in [3.8, 4) is 20.9 Å². The summed E-state index contributed by atoms with van der Waals surface area (Å²) < 4.78 is 3.00. The van der Waals surface area contributed by atoms with Crippen LogP contribution >= 0.6 is 34.0 Å². The molecular formula is C27H29NS3. The molecule has 0 radical (unpaired) electrons. The summed E-state index contributed by atoms with van der Waals surface area (Å²) in [5, 5.41) is 8.51. The summed E-state index contributed by atoms with van der Waals surface area (Å²) in [7, 11) is 0. The lowest BCUT2D eigenvalue weighted by molar-refractivity contribution is 0.617. The second-order valence-corrected chi connectivity index (χ2v) is 11.9. The smallest absolute Gasteiger partial charge is 0.0492 e. The first kappa shape index (κ1) is 20.0. The molecule has 4 aromatic rings. The Morgan fingerprint density at radius 1 is 0.839 bits per heavy atom. The van der Waals surface area contributed by atoms with Gasteiger partial charge in [-0.25, -0.2) is 0 Å². The van der Waals surface area contributed by atoms with Gasteiger partial charge in [-0.1, -0.05) is 39.0 Å². The zero-order valence-corrected chi connectivity index (χ0v) is 20.8. The number of unbranched alkanes of at least 4 members (excludes halogenated alkanes) is 5. The number of fused-ring (bicyclic) bond motifs is 8. The summed E-state index contributed by atoms with van der Waals surface area (Å²) in [6.45, 7) is 5.77. The Labute approximate surface area is 197 Å². The summed E-state index contributed by atoms with van der Waals surface area (Å²) >= 11 is 5.87. The maximum atomic E-state index is 3.98. The van der Waals surface area contributed by atoms with Crippen LogP contribution in [-0.4, -0.2) is 6.54 Å². The van der Waals surface area contributed by atoms with E-state index < -0.39 is 0 Å². The lowest BCUT2D eigenvalue weighted by Crippen LogP contribution is -2.07. The van der Waals surface area contributed by atoms with Crippen LogP contribution in [0.2, 0.25) is 0 Å². The van der Waals surface area contributed by atoms with Crippen molar-refractivity contribution >= 4 is 49.1 Å². The average molecular weight is 464 g/mol. The fraction of sp³-hybridized carbons (Fsp3) is 0.407. The number of nitrogens with one attached hydrogen (secondary N) is 1. The zero-order chi connectivity index (χ0) is 20.9.